The van der Waals surface area contributed by atoms with Crippen LogP contribution in [0.2, 0.25) is 0 Å². The molecule has 0 saturated carbocycles. The van der Waals surface area contributed by atoms with Gasteiger partial charge in [-0.1, -0.05) is 30.3 Å². The van der Waals surface area contributed by atoms with Gasteiger partial charge in [-0.3, -0.25) is 0 Å². The van der Waals surface area contributed by atoms with Gasteiger partial charge in [0.05, 0.1) is 6.61 Å². The van der Waals surface area contributed by atoms with Crippen LogP contribution in [-0.4, -0.2) is 5.11 Å². The monoisotopic (exact) mass is 206 g/mol. The van der Waals surface area contributed by atoms with Crippen LogP contribution in [0.4, 0.5) is 0 Å². The molecule has 1 aromatic carbocycles. The van der Waals surface area contributed by atoms with Gasteiger partial charge in [-0.15, -0.1) is 11.8 Å². The number of rotatable bonds is 2. The lowest BCUT2D eigenvalue weighted by molar-refractivity contribution is 0.280. The van der Waals surface area contributed by atoms with E-state index in [9.17, 15) is 5.11 Å². The smallest absolute Gasteiger partial charge is 0.0684 e. The van der Waals surface area contributed by atoms with Crippen molar-refractivity contribution in [1.29, 1.82) is 0 Å². The fraction of sp³-hybridized carbons (Fsp3) is 0.333. The van der Waals surface area contributed by atoms with Crippen molar-refractivity contribution in [3.63, 3.8) is 0 Å². The molecule has 0 bridgehead atoms. The van der Waals surface area contributed by atoms with Gasteiger partial charge in [0.1, 0.15) is 0 Å². The van der Waals surface area contributed by atoms with Gasteiger partial charge in [0.25, 0.3) is 0 Å². The van der Waals surface area contributed by atoms with Gasteiger partial charge in [-0.2, -0.15) is 0 Å². The van der Waals surface area contributed by atoms with Crippen LogP contribution in [0.3, 0.4) is 0 Å². The zero-order valence-electron chi connectivity index (χ0n) is 8.23. The van der Waals surface area contributed by atoms with Crippen LogP contribution in [0.25, 0.3) is 0 Å². The average Bonchev–Trinajstić information content (AvgIpc) is 2.65. The molecule has 1 aliphatic heterocycles. The Morgan fingerprint density at radius 2 is 2.21 bits per heavy atom. The highest BCUT2D eigenvalue weighted by Crippen LogP contribution is 2.44. The number of hydrogen-bond acceptors (Lipinski definition) is 2. The first-order valence-corrected chi connectivity index (χ1v) is 5.71. The average molecular weight is 206 g/mol. The predicted octanol–water partition coefficient (Wildman–Crippen LogP) is 3.26. The van der Waals surface area contributed by atoms with Gasteiger partial charge in [-0.25, -0.2) is 0 Å². The number of aliphatic hydroxyl groups excluding tert-OH is 1. The first-order chi connectivity index (χ1) is 6.81. The largest absolute Gasteiger partial charge is 0.392 e. The van der Waals surface area contributed by atoms with E-state index >= 15 is 0 Å². The van der Waals surface area contributed by atoms with E-state index < -0.39 is 0 Å². The van der Waals surface area contributed by atoms with Crippen molar-refractivity contribution in [1.82, 2.24) is 0 Å². The van der Waals surface area contributed by atoms with Crippen LogP contribution in [-0.2, 0) is 6.61 Å². The summed E-state index contributed by atoms with van der Waals surface area (Å²) in [6.45, 7) is 2.29. The van der Waals surface area contributed by atoms with Crippen molar-refractivity contribution in [2.75, 3.05) is 0 Å². The standard InChI is InChI=1S/C12H14OS/c1-9-6-7-12(14-9)11-5-3-2-4-10(11)8-13/h2-6,12-13H,7-8H2,1H3. The Hall–Kier alpha value is -0.730. The molecule has 1 nitrogen and oxygen atoms in total. The molecule has 0 aliphatic carbocycles. The van der Waals surface area contributed by atoms with E-state index in [0.717, 1.165) is 12.0 Å². The summed E-state index contributed by atoms with van der Waals surface area (Å²) in [7, 11) is 0. The lowest BCUT2D eigenvalue weighted by atomic mass is 10.0. The van der Waals surface area contributed by atoms with Gasteiger partial charge in [-0.05, 0) is 29.4 Å². The summed E-state index contributed by atoms with van der Waals surface area (Å²) in [6, 6.07) is 8.15. The molecule has 0 saturated heterocycles. The van der Waals surface area contributed by atoms with E-state index in [0.29, 0.717) is 5.25 Å². The second-order valence-electron chi connectivity index (χ2n) is 3.51. The fourth-order valence-electron chi connectivity index (χ4n) is 1.78. The van der Waals surface area contributed by atoms with Gasteiger partial charge in [0.15, 0.2) is 0 Å². The van der Waals surface area contributed by atoms with Gasteiger partial charge >= 0.3 is 0 Å². The molecule has 0 fully saturated rings. The van der Waals surface area contributed by atoms with E-state index in [4.69, 9.17) is 0 Å². The lowest BCUT2D eigenvalue weighted by Gasteiger charge is -2.13. The molecule has 1 atom stereocenters. The van der Waals surface area contributed by atoms with E-state index in [1.165, 1.54) is 10.5 Å². The Bertz CT molecular complexity index is 357. The summed E-state index contributed by atoms with van der Waals surface area (Å²) >= 11 is 1.90. The number of hydrogen-bond donors (Lipinski definition) is 1. The summed E-state index contributed by atoms with van der Waals surface area (Å²) in [4.78, 5) is 1.39. The van der Waals surface area contributed by atoms with E-state index in [2.05, 4.69) is 19.1 Å². The number of thioether (sulfide) groups is 1. The van der Waals surface area contributed by atoms with Crippen LogP contribution >= 0.6 is 11.8 Å². The number of benzene rings is 1. The zero-order chi connectivity index (χ0) is 9.97. The Morgan fingerprint density at radius 3 is 2.86 bits per heavy atom. The van der Waals surface area contributed by atoms with Crippen LogP contribution in [0.5, 0.6) is 0 Å². The first kappa shape index (κ1) is 9.81. The molecule has 1 aliphatic rings. The van der Waals surface area contributed by atoms with Crippen molar-refractivity contribution in [3.05, 3.63) is 46.4 Å². The first-order valence-electron chi connectivity index (χ1n) is 4.83. The maximum absolute atomic E-state index is 9.22. The van der Waals surface area contributed by atoms with Gasteiger partial charge in [0, 0.05) is 5.25 Å². The lowest BCUT2D eigenvalue weighted by Crippen LogP contribution is -1.96. The summed E-state index contributed by atoms with van der Waals surface area (Å²) in [6.07, 6.45) is 3.36. The third kappa shape index (κ3) is 1.86. The van der Waals surface area contributed by atoms with Crippen molar-refractivity contribution < 1.29 is 5.11 Å². The molecule has 1 aromatic rings. The van der Waals surface area contributed by atoms with Gasteiger partial charge < -0.3 is 5.11 Å². The normalized spacial score (nSPS) is 21.0. The highest BCUT2D eigenvalue weighted by molar-refractivity contribution is 8.03. The van der Waals surface area contributed by atoms with E-state index in [1.54, 1.807) is 0 Å². The Balaban J connectivity index is 2.24. The third-order valence-electron chi connectivity index (χ3n) is 2.52. The van der Waals surface area contributed by atoms with Crippen molar-refractivity contribution >= 4 is 11.8 Å². The fourth-order valence-corrected chi connectivity index (χ4v) is 2.97. The van der Waals surface area contributed by atoms with Crippen molar-refractivity contribution in [2.24, 2.45) is 0 Å². The highest BCUT2D eigenvalue weighted by atomic mass is 32.2. The molecule has 0 amide bonds. The van der Waals surface area contributed by atoms with Crippen LogP contribution in [0.15, 0.2) is 35.2 Å². The zero-order valence-corrected chi connectivity index (χ0v) is 9.05. The molecule has 0 spiro atoms. The minimum atomic E-state index is 0.145. The highest BCUT2D eigenvalue weighted by Gasteiger charge is 2.19. The molecule has 2 rings (SSSR count). The molecule has 0 radical (unpaired) electrons. The predicted molar refractivity (Wildman–Crippen MR) is 61.1 cm³/mol. The summed E-state index contributed by atoms with van der Waals surface area (Å²) in [5.41, 5.74) is 2.35. The summed E-state index contributed by atoms with van der Waals surface area (Å²) in [5, 5.41) is 9.73. The SMILES string of the molecule is CC1=CCC(c2ccccc2CO)S1. The molecular weight excluding hydrogens is 192 g/mol. The Morgan fingerprint density at radius 1 is 1.43 bits per heavy atom. The quantitative estimate of drug-likeness (QED) is 0.801. The molecule has 0 aromatic heterocycles. The van der Waals surface area contributed by atoms with Gasteiger partial charge in [0.2, 0.25) is 0 Å². The molecule has 2 heteroatoms. The molecule has 1 heterocycles. The summed E-state index contributed by atoms with van der Waals surface area (Å²) in [5.74, 6) is 0. The van der Waals surface area contributed by atoms with E-state index in [1.807, 2.05) is 30.0 Å². The maximum Gasteiger partial charge on any atom is 0.0684 e. The molecule has 1 N–H and O–H groups in total. The van der Waals surface area contributed by atoms with E-state index in [-0.39, 0.29) is 6.61 Å². The van der Waals surface area contributed by atoms with Crippen molar-refractivity contribution in [2.45, 2.75) is 25.2 Å². The third-order valence-corrected chi connectivity index (χ3v) is 3.79. The minimum absolute atomic E-state index is 0.145. The molecule has 1 unspecified atom stereocenters. The van der Waals surface area contributed by atoms with Crippen LogP contribution < -0.4 is 0 Å². The minimum Gasteiger partial charge on any atom is -0.392 e. The second kappa shape index (κ2) is 4.20. The molecule has 14 heavy (non-hydrogen) atoms. The Labute approximate surface area is 88.8 Å². The topological polar surface area (TPSA) is 20.2 Å². The Kier molecular flexibility index (Phi) is 2.94. The molecule has 74 valence electrons. The number of allylic oxidation sites excluding steroid dienone is 2. The number of aliphatic hydroxyl groups is 1. The summed E-state index contributed by atoms with van der Waals surface area (Å²) < 4.78 is 0. The van der Waals surface area contributed by atoms with Crippen LogP contribution in [0, 0.1) is 0 Å². The maximum atomic E-state index is 9.22. The molecular formula is C12H14OS. The van der Waals surface area contributed by atoms with Crippen LogP contribution in [0.1, 0.15) is 29.7 Å². The second-order valence-corrected chi connectivity index (χ2v) is 4.96. The van der Waals surface area contributed by atoms with Crippen molar-refractivity contribution in [3.8, 4) is 0 Å².